The Hall–Kier alpha value is -1.16. The first-order chi connectivity index (χ1) is 8.70. The van der Waals surface area contributed by atoms with Gasteiger partial charge in [0.05, 0.1) is 18.4 Å². The molecule has 3 nitrogen and oxygen atoms in total. The molecule has 2 atom stereocenters. The van der Waals surface area contributed by atoms with Crippen LogP contribution in [-0.2, 0) is 0 Å². The van der Waals surface area contributed by atoms with Crippen molar-refractivity contribution >= 4 is 23.8 Å². The van der Waals surface area contributed by atoms with Crippen LogP contribution in [0.2, 0.25) is 0 Å². The third-order valence-corrected chi connectivity index (χ3v) is 4.33. The first-order valence-electron chi connectivity index (χ1n) is 6.48. The van der Waals surface area contributed by atoms with E-state index in [2.05, 4.69) is 35.9 Å². The molecule has 0 saturated carbocycles. The lowest BCUT2D eigenvalue weighted by Gasteiger charge is -2.26. The smallest absolute Gasteiger partial charge is 0.0857 e. The van der Waals surface area contributed by atoms with Gasteiger partial charge in [0.15, 0.2) is 0 Å². The first kappa shape index (κ1) is 13.3. The molecule has 0 aromatic heterocycles. The van der Waals surface area contributed by atoms with Crippen LogP contribution in [0.1, 0.15) is 20.3 Å². The summed E-state index contributed by atoms with van der Waals surface area (Å²) in [5.74, 6) is 1.07. The summed E-state index contributed by atoms with van der Waals surface area (Å²) in [7, 11) is 0. The molecule has 1 aliphatic heterocycles. The molecular weight excluding hydrogens is 242 g/mol. The molecule has 0 aliphatic carbocycles. The number of aliphatic imine (C=N–C) groups is 1. The Morgan fingerprint density at radius 1 is 1.33 bits per heavy atom. The Balaban J connectivity index is 1.90. The Morgan fingerprint density at radius 3 is 2.72 bits per heavy atom. The fraction of sp³-hybridized carbons (Fsp3) is 0.500. The standard InChI is InChI=1S/C14H21N3S/c1-3-8-17-10-16-11(2)14(17)9-18-13-6-4-12(15)5-7-13/h4-7,10-11,14H,3,8-9,15H2,1-2H3. The highest BCUT2D eigenvalue weighted by Crippen LogP contribution is 2.25. The molecule has 98 valence electrons. The third-order valence-electron chi connectivity index (χ3n) is 3.22. The largest absolute Gasteiger partial charge is 0.399 e. The fourth-order valence-corrected chi connectivity index (χ4v) is 3.28. The summed E-state index contributed by atoms with van der Waals surface area (Å²) in [5.41, 5.74) is 6.51. The lowest BCUT2D eigenvalue weighted by Crippen LogP contribution is -2.37. The van der Waals surface area contributed by atoms with Crippen molar-refractivity contribution in [2.75, 3.05) is 18.0 Å². The molecule has 1 aromatic rings. The average molecular weight is 263 g/mol. The van der Waals surface area contributed by atoms with E-state index in [0.29, 0.717) is 12.1 Å². The Morgan fingerprint density at radius 2 is 2.06 bits per heavy atom. The highest BCUT2D eigenvalue weighted by atomic mass is 32.2. The predicted molar refractivity (Wildman–Crippen MR) is 80.3 cm³/mol. The summed E-state index contributed by atoms with van der Waals surface area (Å²) in [5, 5.41) is 0. The maximum atomic E-state index is 5.69. The van der Waals surface area contributed by atoms with Gasteiger partial charge in [-0.25, -0.2) is 0 Å². The topological polar surface area (TPSA) is 41.6 Å². The van der Waals surface area contributed by atoms with Crippen molar-refractivity contribution in [2.24, 2.45) is 4.99 Å². The molecule has 0 radical (unpaired) electrons. The number of nitrogens with two attached hydrogens (primary N) is 1. The minimum absolute atomic E-state index is 0.401. The summed E-state index contributed by atoms with van der Waals surface area (Å²) in [6.45, 7) is 5.50. The van der Waals surface area contributed by atoms with E-state index in [1.807, 2.05) is 30.2 Å². The number of rotatable bonds is 5. The minimum atomic E-state index is 0.401. The van der Waals surface area contributed by atoms with Crippen LogP contribution >= 0.6 is 11.8 Å². The van der Waals surface area contributed by atoms with Gasteiger partial charge in [-0.05, 0) is 37.6 Å². The minimum Gasteiger partial charge on any atom is -0.399 e. The van der Waals surface area contributed by atoms with Crippen LogP contribution in [0.3, 0.4) is 0 Å². The summed E-state index contributed by atoms with van der Waals surface area (Å²) in [6, 6.07) is 9.02. The van der Waals surface area contributed by atoms with Gasteiger partial charge in [0, 0.05) is 22.9 Å². The summed E-state index contributed by atoms with van der Waals surface area (Å²) in [6.07, 6.45) is 3.18. The molecule has 0 spiro atoms. The normalized spacial score (nSPS) is 22.7. The number of thioether (sulfide) groups is 1. The van der Waals surface area contributed by atoms with Gasteiger partial charge >= 0.3 is 0 Å². The van der Waals surface area contributed by atoms with Crippen molar-refractivity contribution in [3.05, 3.63) is 24.3 Å². The molecular formula is C14H21N3S. The maximum absolute atomic E-state index is 5.69. The van der Waals surface area contributed by atoms with Gasteiger partial charge in [-0.15, -0.1) is 11.8 Å². The maximum Gasteiger partial charge on any atom is 0.0857 e. The van der Waals surface area contributed by atoms with Gasteiger partial charge in [-0.1, -0.05) is 6.92 Å². The second-order valence-electron chi connectivity index (χ2n) is 4.69. The monoisotopic (exact) mass is 263 g/mol. The quantitative estimate of drug-likeness (QED) is 0.656. The van der Waals surface area contributed by atoms with E-state index >= 15 is 0 Å². The van der Waals surface area contributed by atoms with Crippen molar-refractivity contribution in [3.63, 3.8) is 0 Å². The number of nitrogens with zero attached hydrogens (tertiary/aromatic N) is 2. The number of nitrogen functional groups attached to an aromatic ring is 1. The molecule has 18 heavy (non-hydrogen) atoms. The molecule has 1 heterocycles. The zero-order chi connectivity index (χ0) is 13.0. The summed E-state index contributed by atoms with van der Waals surface area (Å²) in [4.78, 5) is 8.16. The van der Waals surface area contributed by atoms with Crippen molar-refractivity contribution in [1.29, 1.82) is 0 Å². The van der Waals surface area contributed by atoms with Crippen molar-refractivity contribution in [1.82, 2.24) is 4.90 Å². The van der Waals surface area contributed by atoms with Crippen LogP contribution in [-0.4, -0.2) is 35.6 Å². The zero-order valence-electron chi connectivity index (χ0n) is 11.0. The molecule has 2 unspecified atom stereocenters. The second kappa shape index (κ2) is 6.14. The highest BCUT2D eigenvalue weighted by Gasteiger charge is 2.26. The Kier molecular flexibility index (Phi) is 4.53. The molecule has 0 saturated heterocycles. The average Bonchev–Trinajstić information content (AvgIpc) is 2.71. The molecule has 2 rings (SSSR count). The molecule has 0 bridgehead atoms. The Bertz CT molecular complexity index is 402. The number of benzene rings is 1. The van der Waals surface area contributed by atoms with Gasteiger partial charge in [0.1, 0.15) is 0 Å². The molecule has 1 aliphatic rings. The van der Waals surface area contributed by atoms with E-state index < -0.39 is 0 Å². The molecule has 4 heteroatoms. The van der Waals surface area contributed by atoms with Crippen LogP contribution < -0.4 is 5.73 Å². The van der Waals surface area contributed by atoms with Crippen LogP contribution in [0.25, 0.3) is 0 Å². The highest BCUT2D eigenvalue weighted by molar-refractivity contribution is 7.99. The van der Waals surface area contributed by atoms with E-state index in [-0.39, 0.29) is 0 Å². The molecule has 2 N–H and O–H groups in total. The van der Waals surface area contributed by atoms with Crippen molar-refractivity contribution in [3.8, 4) is 0 Å². The number of anilines is 1. The van der Waals surface area contributed by atoms with Gasteiger partial charge < -0.3 is 10.6 Å². The van der Waals surface area contributed by atoms with Gasteiger partial charge in [0.25, 0.3) is 0 Å². The second-order valence-corrected chi connectivity index (χ2v) is 5.78. The van der Waals surface area contributed by atoms with E-state index in [1.54, 1.807) is 0 Å². The lowest BCUT2D eigenvalue weighted by atomic mass is 10.2. The van der Waals surface area contributed by atoms with Gasteiger partial charge in [0.2, 0.25) is 0 Å². The summed E-state index contributed by atoms with van der Waals surface area (Å²) < 4.78 is 0. The van der Waals surface area contributed by atoms with Gasteiger partial charge in [-0.2, -0.15) is 0 Å². The van der Waals surface area contributed by atoms with Crippen LogP contribution in [0.5, 0.6) is 0 Å². The van der Waals surface area contributed by atoms with E-state index in [9.17, 15) is 0 Å². The van der Waals surface area contributed by atoms with E-state index in [1.165, 1.54) is 11.3 Å². The van der Waals surface area contributed by atoms with Gasteiger partial charge in [-0.3, -0.25) is 4.99 Å². The van der Waals surface area contributed by atoms with E-state index in [0.717, 1.165) is 18.0 Å². The fourth-order valence-electron chi connectivity index (χ4n) is 2.12. The molecule has 0 amide bonds. The number of hydrogen-bond donors (Lipinski definition) is 1. The Labute approximate surface area is 113 Å². The lowest BCUT2D eigenvalue weighted by molar-refractivity contribution is 0.342. The summed E-state index contributed by atoms with van der Waals surface area (Å²) >= 11 is 1.88. The predicted octanol–water partition coefficient (Wildman–Crippen LogP) is 2.87. The first-order valence-corrected chi connectivity index (χ1v) is 7.46. The van der Waals surface area contributed by atoms with E-state index in [4.69, 9.17) is 5.73 Å². The van der Waals surface area contributed by atoms with Crippen LogP contribution in [0.15, 0.2) is 34.2 Å². The number of hydrogen-bond acceptors (Lipinski definition) is 4. The molecule has 1 aromatic carbocycles. The SMILES string of the molecule is CCCN1C=NC(C)C1CSc1ccc(N)cc1. The zero-order valence-corrected chi connectivity index (χ0v) is 11.9. The van der Waals surface area contributed by atoms with Crippen molar-refractivity contribution in [2.45, 2.75) is 37.2 Å². The van der Waals surface area contributed by atoms with Crippen molar-refractivity contribution < 1.29 is 0 Å². The van der Waals surface area contributed by atoms with Crippen LogP contribution in [0, 0.1) is 0 Å². The third kappa shape index (κ3) is 3.19. The molecule has 0 fully saturated rings. The van der Waals surface area contributed by atoms with Crippen LogP contribution in [0.4, 0.5) is 5.69 Å².